The van der Waals surface area contributed by atoms with Gasteiger partial charge in [-0.05, 0) is 67.3 Å². The van der Waals surface area contributed by atoms with Crippen molar-refractivity contribution in [1.29, 1.82) is 0 Å². The lowest BCUT2D eigenvalue weighted by Crippen LogP contribution is -2.50. The Hall–Kier alpha value is -3.19. The highest BCUT2D eigenvalue weighted by Gasteiger charge is 2.32. The van der Waals surface area contributed by atoms with Gasteiger partial charge in [-0.2, -0.15) is 0 Å². The molecule has 1 amide bonds. The molecular formula is C31H40N4O3. The summed E-state index contributed by atoms with van der Waals surface area (Å²) >= 11 is 0. The van der Waals surface area contributed by atoms with Crippen LogP contribution < -0.4 is 4.90 Å². The van der Waals surface area contributed by atoms with Gasteiger partial charge in [-0.3, -0.25) is 4.79 Å². The Bertz CT molecular complexity index is 1290. The maximum absolute atomic E-state index is 13.1. The Morgan fingerprint density at radius 1 is 1.08 bits per heavy atom. The summed E-state index contributed by atoms with van der Waals surface area (Å²) in [5.74, 6) is 3.33. The second-order valence-electron chi connectivity index (χ2n) is 11.5. The fourth-order valence-corrected chi connectivity index (χ4v) is 5.99. The Morgan fingerprint density at radius 2 is 1.84 bits per heavy atom. The van der Waals surface area contributed by atoms with Crippen LogP contribution in [0.3, 0.4) is 0 Å². The maximum atomic E-state index is 13.1. The lowest BCUT2D eigenvalue weighted by Gasteiger charge is -2.38. The Kier molecular flexibility index (Phi) is 7.84. The third kappa shape index (κ3) is 5.63. The lowest BCUT2D eigenvalue weighted by atomic mass is 9.75. The fraction of sp³-hybridized carbons (Fsp3) is 0.516. The number of fused-ring (bicyclic) bond motifs is 1. The van der Waals surface area contributed by atoms with Crippen molar-refractivity contribution in [2.45, 2.75) is 53.1 Å². The van der Waals surface area contributed by atoms with E-state index in [4.69, 9.17) is 14.7 Å². The van der Waals surface area contributed by atoms with Gasteiger partial charge in [0, 0.05) is 31.6 Å². The molecule has 2 aliphatic rings. The zero-order valence-corrected chi connectivity index (χ0v) is 23.1. The molecule has 1 saturated heterocycles. The molecule has 0 bridgehead atoms. The number of aromatic nitrogens is 2. The second kappa shape index (κ2) is 11.3. The van der Waals surface area contributed by atoms with E-state index in [2.05, 4.69) is 43.9 Å². The topological polar surface area (TPSA) is 78.8 Å². The molecule has 3 aromatic rings. The molecule has 1 aromatic heterocycles. The number of carbonyl (C=O) groups is 1. The number of ether oxygens (including phenoxy) is 1. The molecule has 1 N–H and O–H groups in total. The number of para-hydroxylation sites is 1. The fourth-order valence-electron chi connectivity index (χ4n) is 5.99. The summed E-state index contributed by atoms with van der Waals surface area (Å²) in [6.45, 7) is 11.6. The van der Waals surface area contributed by atoms with E-state index in [1.54, 1.807) is 12.1 Å². The highest BCUT2D eigenvalue weighted by Crippen LogP contribution is 2.36. The third-order valence-electron chi connectivity index (χ3n) is 8.29. The van der Waals surface area contributed by atoms with Crippen molar-refractivity contribution < 1.29 is 14.6 Å². The van der Waals surface area contributed by atoms with Crippen LogP contribution in [0.25, 0.3) is 22.3 Å². The summed E-state index contributed by atoms with van der Waals surface area (Å²) in [5, 5.41) is 11.4. The number of amides is 1. The van der Waals surface area contributed by atoms with Crippen molar-refractivity contribution in [2.75, 3.05) is 37.7 Å². The molecule has 202 valence electrons. The van der Waals surface area contributed by atoms with Gasteiger partial charge in [0.25, 0.3) is 0 Å². The molecule has 7 heteroatoms. The van der Waals surface area contributed by atoms with Crippen LogP contribution in [0.1, 0.15) is 45.6 Å². The highest BCUT2D eigenvalue weighted by molar-refractivity contribution is 5.92. The minimum Gasteiger partial charge on any atom is -0.507 e. The number of aromatic hydroxyl groups is 1. The number of aryl methyl sites for hydroxylation is 1. The molecule has 0 spiro atoms. The van der Waals surface area contributed by atoms with Gasteiger partial charge in [-0.15, -0.1) is 0 Å². The number of piperazine rings is 1. The molecule has 2 heterocycles. The molecule has 1 saturated carbocycles. The molecule has 3 unspecified atom stereocenters. The Morgan fingerprint density at radius 3 is 2.58 bits per heavy atom. The van der Waals surface area contributed by atoms with Gasteiger partial charge in [0.05, 0.1) is 17.2 Å². The average molecular weight is 517 g/mol. The van der Waals surface area contributed by atoms with Crippen molar-refractivity contribution in [1.82, 2.24) is 14.9 Å². The first-order chi connectivity index (χ1) is 18.3. The van der Waals surface area contributed by atoms with E-state index in [-0.39, 0.29) is 24.4 Å². The molecule has 0 radical (unpaired) electrons. The van der Waals surface area contributed by atoms with Gasteiger partial charge in [-0.25, -0.2) is 9.97 Å². The van der Waals surface area contributed by atoms with Crippen molar-refractivity contribution in [2.24, 2.45) is 17.8 Å². The number of benzene rings is 2. The van der Waals surface area contributed by atoms with Crippen LogP contribution in [-0.2, 0) is 9.53 Å². The quantitative estimate of drug-likeness (QED) is 0.470. The zero-order chi connectivity index (χ0) is 26.8. The summed E-state index contributed by atoms with van der Waals surface area (Å²) in [5.41, 5.74) is 2.58. The van der Waals surface area contributed by atoms with Gasteiger partial charge in [0.15, 0.2) is 5.82 Å². The van der Waals surface area contributed by atoms with Crippen LogP contribution in [0.2, 0.25) is 0 Å². The van der Waals surface area contributed by atoms with Gasteiger partial charge in [0.2, 0.25) is 5.91 Å². The maximum Gasteiger partial charge on any atom is 0.248 e. The minimum absolute atomic E-state index is 0.0726. The minimum atomic E-state index is 0.0726. The summed E-state index contributed by atoms with van der Waals surface area (Å²) in [6, 6.07) is 13.4. The van der Waals surface area contributed by atoms with E-state index >= 15 is 0 Å². The van der Waals surface area contributed by atoms with E-state index in [1.807, 2.05) is 24.0 Å². The first-order valence-corrected chi connectivity index (χ1v) is 14.0. The number of hydrogen-bond acceptors (Lipinski definition) is 6. The number of phenolic OH excluding ortho intramolecular Hbond substituents is 1. The SMILES string of the molecule is Cc1ccc2c(N3CCN(C(=O)COC4CC(C)CCC4C(C)C)CC3)nc(-c3ccccc3O)nc2c1. The van der Waals surface area contributed by atoms with Crippen molar-refractivity contribution in [3.05, 3.63) is 48.0 Å². The first-order valence-electron chi connectivity index (χ1n) is 14.0. The number of rotatable bonds is 6. The van der Waals surface area contributed by atoms with Crippen molar-refractivity contribution in [3.63, 3.8) is 0 Å². The van der Waals surface area contributed by atoms with E-state index in [1.165, 1.54) is 12.8 Å². The molecule has 2 fully saturated rings. The number of hydrogen-bond donors (Lipinski definition) is 1. The number of phenols is 1. The molecule has 7 nitrogen and oxygen atoms in total. The Balaban J connectivity index is 1.29. The number of anilines is 1. The molecule has 2 aromatic carbocycles. The van der Waals surface area contributed by atoms with E-state index < -0.39 is 0 Å². The van der Waals surface area contributed by atoms with Gasteiger partial charge >= 0.3 is 0 Å². The van der Waals surface area contributed by atoms with E-state index in [0.717, 1.165) is 28.7 Å². The van der Waals surface area contributed by atoms with Crippen LogP contribution in [0.5, 0.6) is 5.75 Å². The smallest absolute Gasteiger partial charge is 0.248 e. The van der Waals surface area contributed by atoms with Crippen LogP contribution in [-0.4, -0.2) is 64.8 Å². The monoisotopic (exact) mass is 516 g/mol. The lowest BCUT2D eigenvalue weighted by molar-refractivity contribution is -0.141. The summed E-state index contributed by atoms with van der Waals surface area (Å²) in [7, 11) is 0. The summed E-state index contributed by atoms with van der Waals surface area (Å²) < 4.78 is 6.25. The van der Waals surface area contributed by atoms with Crippen molar-refractivity contribution >= 4 is 22.6 Å². The van der Waals surface area contributed by atoms with E-state index in [0.29, 0.717) is 55.3 Å². The molecule has 38 heavy (non-hydrogen) atoms. The molecule has 1 aliphatic heterocycles. The second-order valence-corrected chi connectivity index (χ2v) is 11.5. The normalized spacial score (nSPS) is 22.3. The third-order valence-corrected chi connectivity index (χ3v) is 8.29. The zero-order valence-electron chi connectivity index (χ0n) is 23.1. The van der Waals surface area contributed by atoms with Gasteiger partial charge < -0.3 is 19.6 Å². The molecule has 5 rings (SSSR count). The number of carbonyl (C=O) groups excluding carboxylic acids is 1. The van der Waals surface area contributed by atoms with E-state index in [9.17, 15) is 9.90 Å². The summed E-state index contributed by atoms with van der Waals surface area (Å²) in [4.78, 5) is 26.9. The number of nitrogens with zero attached hydrogens (tertiary/aromatic N) is 4. The molecule has 1 aliphatic carbocycles. The van der Waals surface area contributed by atoms with Crippen molar-refractivity contribution in [3.8, 4) is 17.1 Å². The summed E-state index contributed by atoms with van der Waals surface area (Å²) in [6.07, 6.45) is 3.66. The van der Waals surface area contributed by atoms with Gasteiger partial charge in [-0.1, -0.05) is 45.4 Å². The first kappa shape index (κ1) is 26.4. The predicted molar refractivity (Wildman–Crippen MR) is 151 cm³/mol. The Labute approximate surface area is 225 Å². The van der Waals surface area contributed by atoms with Gasteiger partial charge in [0.1, 0.15) is 18.2 Å². The van der Waals surface area contributed by atoms with Crippen LogP contribution in [0.15, 0.2) is 42.5 Å². The average Bonchev–Trinajstić information content (AvgIpc) is 2.91. The van der Waals surface area contributed by atoms with Crippen LogP contribution >= 0.6 is 0 Å². The molecular weight excluding hydrogens is 476 g/mol. The highest BCUT2D eigenvalue weighted by atomic mass is 16.5. The van der Waals surface area contributed by atoms with Crippen LogP contribution in [0.4, 0.5) is 5.82 Å². The standard InChI is InChI=1S/C31H40N4O3/c1-20(2)23-11-9-22(4)18-28(23)38-19-29(37)34-13-15-35(16-14-34)31-24-12-10-21(3)17-26(24)32-30(33-31)25-7-5-6-8-27(25)36/h5-8,10,12,17,20,22-23,28,36H,9,11,13-16,18-19H2,1-4H3. The van der Waals surface area contributed by atoms with Crippen LogP contribution in [0, 0.1) is 24.7 Å². The molecule has 3 atom stereocenters. The largest absolute Gasteiger partial charge is 0.507 e. The predicted octanol–water partition coefficient (Wildman–Crippen LogP) is 5.44.